The van der Waals surface area contributed by atoms with Crippen LogP contribution in [0.3, 0.4) is 0 Å². The van der Waals surface area contributed by atoms with E-state index in [1.165, 1.54) is 37.3 Å². The quantitative estimate of drug-likeness (QED) is 0.798. The Balaban J connectivity index is 1.45. The van der Waals surface area contributed by atoms with Crippen LogP contribution in [0.25, 0.3) is 0 Å². The van der Waals surface area contributed by atoms with E-state index in [1.807, 2.05) is 6.92 Å². The Morgan fingerprint density at radius 2 is 1.26 bits per heavy atom. The molecule has 0 spiro atoms. The lowest BCUT2D eigenvalue weighted by molar-refractivity contribution is -1.02. The molecule has 3 heteroatoms. The van der Waals surface area contributed by atoms with Gasteiger partial charge in [-0.05, 0) is 31.2 Å². The minimum absolute atomic E-state index is 0.733. The van der Waals surface area contributed by atoms with Gasteiger partial charge in [0.05, 0.1) is 6.61 Å². The van der Waals surface area contributed by atoms with E-state index in [4.69, 9.17) is 4.74 Å². The topological polar surface area (TPSA) is 18.1 Å². The fourth-order valence-electron chi connectivity index (χ4n) is 3.35. The molecule has 0 bridgehead atoms. The Hall–Kier alpha value is -1.84. The summed E-state index contributed by atoms with van der Waals surface area (Å²) < 4.78 is 5.51. The second-order valence-corrected chi connectivity index (χ2v) is 6.42. The molecule has 0 aromatic heterocycles. The van der Waals surface area contributed by atoms with Crippen molar-refractivity contribution in [3.8, 4) is 5.75 Å². The van der Waals surface area contributed by atoms with Gasteiger partial charge in [0, 0.05) is 11.1 Å². The van der Waals surface area contributed by atoms with Gasteiger partial charge in [0.25, 0.3) is 0 Å². The molecule has 122 valence electrons. The van der Waals surface area contributed by atoms with Gasteiger partial charge in [0.1, 0.15) is 45.0 Å². The fourth-order valence-corrected chi connectivity index (χ4v) is 3.35. The van der Waals surface area contributed by atoms with Crippen LogP contribution in [-0.2, 0) is 13.1 Å². The zero-order chi connectivity index (χ0) is 15.9. The molecule has 0 unspecified atom stereocenters. The number of quaternary nitrogens is 2. The molecule has 1 fully saturated rings. The zero-order valence-corrected chi connectivity index (χ0v) is 14.1. The molecule has 2 N–H and O–H groups in total. The molecule has 1 aliphatic rings. The van der Waals surface area contributed by atoms with Gasteiger partial charge < -0.3 is 14.5 Å². The maximum Gasteiger partial charge on any atom is 0.127 e. The van der Waals surface area contributed by atoms with Gasteiger partial charge in [-0.25, -0.2) is 0 Å². The highest BCUT2D eigenvalue weighted by Crippen LogP contribution is 2.11. The molecule has 0 atom stereocenters. The van der Waals surface area contributed by atoms with Gasteiger partial charge in [-0.15, -0.1) is 0 Å². The molecule has 1 saturated heterocycles. The Labute approximate surface area is 139 Å². The number of piperazine rings is 1. The highest BCUT2D eigenvalue weighted by atomic mass is 16.5. The number of nitrogens with one attached hydrogen (secondary N) is 2. The lowest BCUT2D eigenvalue weighted by atomic mass is 10.1. The summed E-state index contributed by atoms with van der Waals surface area (Å²) in [6.45, 7) is 10.1. The summed E-state index contributed by atoms with van der Waals surface area (Å²) in [5, 5.41) is 0. The largest absolute Gasteiger partial charge is 0.494 e. The average Bonchev–Trinajstić information content (AvgIpc) is 2.60. The summed E-state index contributed by atoms with van der Waals surface area (Å²) in [6.07, 6.45) is 0. The van der Waals surface area contributed by atoms with Crippen LogP contribution >= 0.6 is 0 Å². The van der Waals surface area contributed by atoms with Gasteiger partial charge in [0.15, 0.2) is 0 Å². The van der Waals surface area contributed by atoms with Crippen molar-refractivity contribution < 1.29 is 14.5 Å². The predicted octanol–water partition coefficient (Wildman–Crippen LogP) is 0.569. The van der Waals surface area contributed by atoms with Gasteiger partial charge in [-0.1, -0.05) is 30.3 Å². The SMILES string of the molecule is CCOc1ccc(C[NH+]2CC[NH+](Cc3ccccc3)CC2)cc1. The smallest absolute Gasteiger partial charge is 0.127 e. The van der Waals surface area contributed by atoms with Crippen molar-refractivity contribution in [1.82, 2.24) is 0 Å². The molecule has 3 nitrogen and oxygen atoms in total. The lowest BCUT2D eigenvalue weighted by Crippen LogP contribution is -3.27. The molecule has 0 radical (unpaired) electrons. The molecular formula is C20H28N2O+2. The van der Waals surface area contributed by atoms with Crippen LogP contribution in [0.15, 0.2) is 54.6 Å². The van der Waals surface area contributed by atoms with E-state index in [2.05, 4.69) is 54.6 Å². The van der Waals surface area contributed by atoms with Crippen molar-refractivity contribution in [3.05, 3.63) is 65.7 Å². The summed E-state index contributed by atoms with van der Waals surface area (Å²) in [5.74, 6) is 0.975. The van der Waals surface area contributed by atoms with E-state index in [0.29, 0.717) is 0 Å². The van der Waals surface area contributed by atoms with Crippen molar-refractivity contribution >= 4 is 0 Å². The van der Waals surface area contributed by atoms with E-state index in [-0.39, 0.29) is 0 Å². The first-order chi connectivity index (χ1) is 11.3. The van der Waals surface area contributed by atoms with Crippen LogP contribution < -0.4 is 14.5 Å². The molecule has 0 saturated carbocycles. The fraction of sp³-hybridized carbons (Fsp3) is 0.400. The first-order valence-electron chi connectivity index (χ1n) is 8.76. The van der Waals surface area contributed by atoms with E-state index in [1.54, 1.807) is 9.80 Å². The van der Waals surface area contributed by atoms with E-state index in [9.17, 15) is 0 Å². The Kier molecular flexibility index (Phi) is 5.67. The van der Waals surface area contributed by atoms with E-state index < -0.39 is 0 Å². The molecule has 3 rings (SSSR count). The Bertz CT molecular complexity index is 574. The monoisotopic (exact) mass is 312 g/mol. The van der Waals surface area contributed by atoms with Crippen molar-refractivity contribution in [3.63, 3.8) is 0 Å². The van der Waals surface area contributed by atoms with Crippen LogP contribution in [0.2, 0.25) is 0 Å². The number of rotatable bonds is 6. The predicted molar refractivity (Wildman–Crippen MR) is 92.9 cm³/mol. The zero-order valence-electron chi connectivity index (χ0n) is 14.1. The van der Waals surface area contributed by atoms with Crippen LogP contribution in [0.1, 0.15) is 18.1 Å². The minimum Gasteiger partial charge on any atom is -0.494 e. The van der Waals surface area contributed by atoms with Gasteiger partial charge >= 0.3 is 0 Å². The van der Waals surface area contributed by atoms with Crippen molar-refractivity contribution in [2.45, 2.75) is 20.0 Å². The Morgan fingerprint density at radius 3 is 1.78 bits per heavy atom. The molecular weight excluding hydrogens is 284 g/mol. The van der Waals surface area contributed by atoms with Crippen LogP contribution in [0.4, 0.5) is 0 Å². The summed E-state index contributed by atoms with van der Waals surface area (Å²) >= 11 is 0. The second kappa shape index (κ2) is 8.14. The number of hydrogen-bond acceptors (Lipinski definition) is 1. The maximum atomic E-state index is 5.51. The second-order valence-electron chi connectivity index (χ2n) is 6.42. The standard InChI is InChI=1S/C20H26N2O/c1-2-23-20-10-8-19(9-11-20)17-22-14-12-21(13-15-22)16-18-6-4-3-5-7-18/h3-11H,2,12-17H2,1H3/p+2. The summed E-state index contributed by atoms with van der Waals surface area (Å²) in [6, 6.07) is 19.5. The van der Waals surface area contributed by atoms with Crippen LogP contribution in [0, 0.1) is 0 Å². The van der Waals surface area contributed by atoms with Gasteiger partial charge in [0.2, 0.25) is 0 Å². The number of ether oxygens (including phenoxy) is 1. The molecule has 2 aromatic rings. The number of benzene rings is 2. The molecule has 1 heterocycles. The third-order valence-electron chi connectivity index (χ3n) is 4.65. The first-order valence-corrected chi connectivity index (χ1v) is 8.76. The van der Waals surface area contributed by atoms with Crippen molar-refractivity contribution in [2.75, 3.05) is 32.8 Å². The third-order valence-corrected chi connectivity index (χ3v) is 4.65. The third kappa shape index (κ3) is 4.81. The van der Waals surface area contributed by atoms with Crippen LogP contribution in [0.5, 0.6) is 5.75 Å². The first kappa shape index (κ1) is 16.0. The minimum atomic E-state index is 0.733. The lowest BCUT2D eigenvalue weighted by Gasteiger charge is -2.29. The summed E-state index contributed by atoms with van der Waals surface area (Å²) in [7, 11) is 0. The van der Waals surface area contributed by atoms with Gasteiger partial charge in [-0.2, -0.15) is 0 Å². The highest BCUT2D eigenvalue weighted by molar-refractivity contribution is 5.26. The maximum absolute atomic E-state index is 5.51. The molecule has 0 amide bonds. The van der Waals surface area contributed by atoms with Crippen molar-refractivity contribution in [1.29, 1.82) is 0 Å². The van der Waals surface area contributed by atoms with E-state index in [0.717, 1.165) is 25.4 Å². The summed E-state index contributed by atoms with van der Waals surface area (Å²) in [5.41, 5.74) is 2.87. The Morgan fingerprint density at radius 1 is 0.739 bits per heavy atom. The normalized spacial score (nSPS) is 21.1. The van der Waals surface area contributed by atoms with Crippen LogP contribution in [-0.4, -0.2) is 32.8 Å². The van der Waals surface area contributed by atoms with E-state index >= 15 is 0 Å². The molecule has 1 aliphatic heterocycles. The molecule has 2 aromatic carbocycles. The number of hydrogen-bond donors (Lipinski definition) is 2. The average molecular weight is 312 g/mol. The highest BCUT2D eigenvalue weighted by Gasteiger charge is 2.22. The van der Waals surface area contributed by atoms with Gasteiger partial charge in [-0.3, -0.25) is 0 Å². The van der Waals surface area contributed by atoms with Crippen molar-refractivity contribution in [2.24, 2.45) is 0 Å². The summed E-state index contributed by atoms with van der Waals surface area (Å²) in [4.78, 5) is 3.41. The molecule has 23 heavy (non-hydrogen) atoms. The molecule has 0 aliphatic carbocycles.